The number of benzene rings is 3. The van der Waals surface area contributed by atoms with Crippen molar-refractivity contribution >= 4 is 34.9 Å². The van der Waals surface area contributed by atoms with E-state index < -0.39 is 5.72 Å². The van der Waals surface area contributed by atoms with E-state index in [9.17, 15) is 0 Å². The number of ether oxygens (including phenoxy) is 1. The molecule has 3 aromatic carbocycles. The molecule has 2 aliphatic heterocycles. The molecule has 0 fully saturated rings. The zero-order valence-corrected chi connectivity index (χ0v) is 19.8. The van der Waals surface area contributed by atoms with Gasteiger partial charge in [-0.05, 0) is 48.5 Å². The number of hydrogen-bond donors (Lipinski definition) is 0. The Kier molecular flexibility index (Phi) is 5.19. The van der Waals surface area contributed by atoms with Gasteiger partial charge in [-0.2, -0.15) is 9.90 Å². The van der Waals surface area contributed by atoms with Gasteiger partial charge in [0.05, 0.1) is 29.4 Å². The van der Waals surface area contributed by atoms with Crippen LogP contribution in [0.25, 0.3) is 5.69 Å². The normalized spacial score (nSPS) is 21.2. The number of anilines is 1. The quantitative estimate of drug-likeness (QED) is 0.358. The van der Waals surface area contributed by atoms with Gasteiger partial charge in [-0.1, -0.05) is 35.5 Å². The van der Waals surface area contributed by atoms with Crippen molar-refractivity contribution in [3.63, 3.8) is 0 Å². The largest absolute Gasteiger partial charge is 0.497 e. The van der Waals surface area contributed by atoms with E-state index in [0.29, 0.717) is 18.0 Å². The van der Waals surface area contributed by atoms with Gasteiger partial charge in [-0.3, -0.25) is 4.90 Å². The van der Waals surface area contributed by atoms with Crippen LogP contribution in [0.4, 0.5) is 5.69 Å². The molecule has 0 radical (unpaired) electrons. The van der Waals surface area contributed by atoms with E-state index in [1.807, 2.05) is 66.7 Å². The van der Waals surface area contributed by atoms with Crippen molar-refractivity contribution in [2.75, 3.05) is 12.0 Å². The molecule has 34 heavy (non-hydrogen) atoms. The smallest absolute Gasteiger partial charge is 0.264 e. The molecule has 9 heteroatoms. The monoisotopic (exact) mass is 489 g/mol. The Morgan fingerprint density at radius 1 is 1.03 bits per heavy atom. The number of fused-ring (bicyclic) bond motifs is 3. The van der Waals surface area contributed by atoms with Crippen LogP contribution in [-0.4, -0.2) is 32.6 Å². The molecule has 0 saturated carbocycles. The highest BCUT2D eigenvalue weighted by Gasteiger charge is 2.54. The van der Waals surface area contributed by atoms with E-state index in [1.165, 1.54) is 0 Å². The Balaban J connectivity index is 1.51. The predicted molar refractivity (Wildman–Crippen MR) is 133 cm³/mol. The standard InChI is InChI=1S/C25H20ClN5O2S/c1-32-19-13-11-17(12-14-19)24-29-33-25(22-16-27-31(28-22)18-7-3-2-4-8-18)15-23(26)34-21-10-6-5-9-20(21)30(24)25/h2-14,16,23H,15H2,1H3. The number of amidine groups is 1. The molecule has 1 aromatic heterocycles. The van der Waals surface area contributed by atoms with Gasteiger partial charge in [0.2, 0.25) is 0 Å². The maximum atomic E-state index is 6.85. The number of para-hydroxylation sites is 2. The lowest BCUT2D eigenvalue weighted by Crippen LogP contribution is -2.47. The topological polar surface area (TPSA) is 64.8 Å². The number of nitrogens with zero attached hydrogens (tertiary/aromatic N) is 5. The van der Waals surface area contributed by atoms with Gasteiger partial charge in [0, 0.05) is 16.9 Å². The first-order chi connectivity index (χ1) is 16.7. The first-order valence-electron chi connectivity index (χ1n) is 10.8. The molecular weight excluding hydrogens is 470 g/mol. The fourth-order valence-electron chi connectivity index (χ4n) is 4.26. The SMILES string of the molecule is COc1ccc(C2=NOC3(c4cnn(-c5ccccc5)n4)CC(Cl)Sc4ccccc4N23)cc1. The molecule has 170 valence electrons. The number of oxime groups is 1. The van der Waals surface area contributed by atoms with Gasteiger partial charge < -0.3 is 9.57 Å². The van der Waals surface area contributed by atoms with Gasteiger partial charge in [-0.25, -0.2) is 0 Å². The van der Waals surface area contributed by atoms with Crippen LogP contribution >= 0.6 is 23.4 Å². The van der Waals surface area contributed by atoms with Crippen LogP contribution in [0.15, 0.2) is 95.1 Å². The lowest BCUT2D eigenvalue weighted by Gasteiger charge is -2.35. The number of aromatic nitrogens is 3. The Labute approximate surface area is 205 Å². The van der Waals surface area contributed by atoms with E-state index in [2.05, 4.69) is 27.3 Å². The molecule has 6 rings (SSSR count). The fraction of sp³-hybridized carbons (Fsp3) is 0.160. The average Bonchev–Trinajstić information content (AvgIpc) is 3.49. The summed E-state index contributed by atoms with van der Waals surface area (Å²) in [6.07, 6.45) is 2.18. The summed E-state index contributed by atoms with van der Waals surface area (Å²) in [6.45, 7) is 0. The van der Waals surface area contributed by atoms with Crippen LogP contribution in [0.3, 0.4) is 0 Å². The van der Waals surface area contributed by atoms with Gasteiger partial charge in [-0.15, -0.1) is 28.5 Å². The van der Waals surface area contributed by atoms with Gasteiger partial charge in [0.25, 0.3) is 5.72 Å². The van der Waals surface area contributed by atoms with Crippen molar-refractivity contribution < 1.29 is 9.57 Å². The lowest BCUT2D eigenvalue weighted by molar-refractivity contribution is -0.0286. The second-order valence-electron chi connectivity index (χ2n) is 7.91. The molecule has 0 bridgehead atoms. The molecular formula is C25H20ClN5O2S. The van der Waals surface area contributed by atoms with E-state index in [4.69, 9.17) is 26.3 Å². The summed E-state index contributed by atoms with van der Waals surface area (Å²) >= 11 is 8.45. The van der Waals surface area contributed by atoms with Crippen LogP contribution < -0.4 is 9.64 Å². The lowest BCUT2D eigenvalue weighted by atomic mass is 10.0. The summed E-state index contributed by atoms with van der Waals surface area (Å²) in [5, 5.41) is 13.9. The summed E-state index contributed by atoms with van der Waals surface area (Å²) in [5.41, 5.74) is 2.29. The molecule has 2 aliphatic rings. The number of methoxy groups -OCH3 is 1. The molecule has 0 saturated heterocycles. The number of halogens is 1. The maximum absolute atomic E-state index is 6.85. The van der Waals surface area contributed by atoms with Crippen LogP contribution in [-0.2, 0) is 10.6 Å². The predicted octanol–water partition coefficient (Wildman–Crippen LogP) is 5.39. The molecule has 0 aliphatic carbocycles. The van der Waals surface area contributed by atoms with E-state index in [1.54, 1.807) is 29.9 Å². The van der Waals surface area contributed by atoms with Crippen molar-refractivity contribution in [1.29, 1.82) is 0 Å². The summed E-state index contributed by atoms with van der Waals surface area (Å²) in [5.74, 6) is 1.45. The van der Waals surface area contributed by atoms with E-state index in [-0.39, 0.29) is 4.71 Å². The minimum absolute atomic E-state index is 0.265. The molecule has 4 aromatic rings. The minimum Gasteiger partial charge on any atom is -0.497 e. The molecule has 2 atom stereocenters. The van der Waals surface area contributed by atoms with Gasteiger partial charge in [0.15, 0.2) is 11.5 Å². The molecule has 3 heterocycles. The number of thioether (sulfide) groups is 1. The fourth-order valence-corrected chi connectivity index (χ4v) is 5.78. The molecule has 2 unspecified atom stereocenters. The van der Waals surface area contributed by atoms with Crippen LogP contribution in [0, 0.1) is 0 Å². The first kappa shape index (κ1) is 21.1. The first-order valence-corrected chi connectivity index (χ1v) is 12.1. The minimum atomic E-state index is -1.05. The average molecular weight is 490 g/mol. The van der Waals surface area contributed by atoms with Crippen LogP contribution in [0.1, 0.15) is 17.7 Å². The highest BCUT2D eigenvalue weighted by Crippen LogP contribution is 2.52. The van der Waals surface area contributed by atoms with Gasteiger partial charge in [0.1, 0.15) is 5.75 Å². The molecule has 7 nitrogen and oxygen atoms in total. The third-order valence-electron chi connectivity index (χ3n) is 5.88. The molecule has 0 amide bonds. The third-order valence-corrected chi connectivity index (χ3v) is 7.32. The van der Waals surface area contributed by atoms with Crippen molar-refractivity contribution in [1.82, 2.24) is 15.0 Å². The Morgan fingerprint density at radius 3 is 2.59 bits per heavy atom. The van der Waals surface area contributed by atoms with E-state index in [0.717, 1.165) is 27.6 Å². The maximum Gasteiger partial charge on any atom is 0.264 e. The Hall–Kier alpha value is -3.49. The van der Waals surface area contributed by atoms with Gasteiger partial charge >= 0.3 is 0 Å². The Bertz CT molecular complexity index is 1360. The summed E-state index contributed by atoms with van der Waals surface area (Å²) < 4.78 is 5.07. The second kappa shape index (κ2) is 8.38. The van der Waals surface area contributed by atoms with Crippen LogP contribution in [0.2, 0.25) is 0 Å². The highest BCUT2D eigenvalue weighted by molar-refractivity contribution is 8.01. The van der Waals surface area contributed by atoms with Crippen molar-refractivity contribution in [3.05, 3.63) is 96.3 Å². The van der Waals surface area contributed by atoms with Crippen molar-refractivity contribution in [3.8, 4) is 11.4 Å². The summed E-state index contributed by atoms with van der Waals surface area (Å²) in [6, 6.07) is 25.7. The highest BCUT2D eigenvalue weighted by atomic mass is 35.5. The molecule has 0 spiro atoms. The number of alkyl halides is 1. The zero-order chi connectivity index (χ0) is 23.1. The summed E-state index contributed by atoms with van der Waals surface area (Å²) in [4.78, 5) is 11.0. The van der Waals surface area contributed by atoms with E-state index >= 15 is 0 Å². The van der Waals surface area contributed by atoms with Crippen LogP contribution in [0.5, 0.6) is 5.75 Å². The zero-order valence-electron chi connectivity index (χ0n) is 18.2. The number of rotatable bonds is 4. The Morgan fingerprint density at radius 2 is 1.79 bits per heavy atom. The van der Waals surface area contributed by atoms with Crippen molar-refractivity contribution in [2.45, 2.75) is 21.8 Å². The summed E-state index contributed by atoms with van der Waals surface area (Å²) in [7, 11) is 1.65. The van der Waals surface area contributed by atoms with Crippen molar-refractivity contribution in [2.24, 2.45) is 5.16 Å². The second-order valence-corrected chi connectivity index (χ2v) is 9.94. The number of hydrogen-bond acceptors (Lipinski definition) is 7. The third kappa shape index (κ3) is 3.41. The molecule has 0 N–H and O–H groups in total.